The summed E-state index contributed by atoms with van der Waals surface area (Å²) in [4.78, 5) is 5.41. The van der Waals surface area contributed by atoms with Crippen molar-refractivity contribution in [1.82, 2.24) is 9.88 Å². The molecule has 4 nitrogen and oxygen atoms in total. The fourth-order valence-electron chi connectivity index (χ4n) is 3.23. The van der Waals surface area contributed by atoms with Gasteiger partial charge in [-0.1, -0.05) is 26.0 Å². The van der Waals surface area contributed by atoms with Crippen molar-refractivity contribution in [3.8, 4) is 0 Å². The van der Waals surface area contributed by atoms with E-state index >= 15 is 0 Å². The lowest BCUT2D eigenvalue weighted by atomic mass is 10.0. The molecule has 0 bridgehead atoms. The number of H-pyrrole nitrogens is 1. The van der Waals surface area contributed by atoms with E-state index in [2.05, 4.69) is 29.8 Å². The lowest BCUT2D eigenvalue weighted by Crippen LogP contribution is -2.28. The Morgan fingerprint density at radius 3 is 2.62 bits per heavy atom. The van der Waals surface area contributed by atoms with Crippen molar-refractivity contribution in [2.75, 3.05) is 13.1 Å². The summed E-state index contributed by atoms with van der Waals surface area (Å²) in [5.41, 5.74) is 3.26. The summed E-state index contributed by atoms with van der Waals surface area (Å²) in [6.45, 7) is 6.15. The number of rotatable bonds is 4. The maximum absolute atomic E-state index is 11.8. The summed E-state index contributed by atoms with van der Waals surface area (Å²) in [6.07, 6.45) is 4.26. The quantitative estimate of drug-likeness (QED) is 0.848. The first-order valence-electron chi connectivity index (χ1n) is 7.52. The minimum absolute atomic E-state index is 0.414. The number of nitrogens with one attached hydrogen (secondary N) is 1. The molecule has 0 aliphatic carbocycles. The van der Waals surface area contributed by atoms with E-state index in [4.69, 9.17) is 0 Å². The molecule has 1 saturated heterocycles. The van der Waals surface area contributed by atoms with Gasteiger partial charge in [0.05, 0.1) is 0 Å². The Labute approximate surface area is 127 Å². The van der Waals surface area contributed by atoms with Crippen LogP contribution in [-0.2, 0) is 11.1 Å². The first-order chi connectivity index (χ1) is 10.1. The van der Waals surface area contributed by atoms with Gasteiger partial charge >= 0.3 is 0 Å². The van der Waals surface area contributed by atoms with Crippen LogP contribution in [0.25, 0.3) is 10.9 Å². The third kappa shape index (κ3) is 2.78. The van der Waals surface area contributed by atoms with Gasteiger partial charge in [-0.05, 0) is 49.0 Å². The molecule has 1 aromatic heterocycles. The van der Waals surface area contributed by atoms with E-state index in [9.17, 15) is 8.76 Å². The second-order valence-corrected chi connectivity index (χ2v) is 7.07. The van der Waals surface area contributed by atoms with Crippen molar-refractivity contribution in [2.24, 2.45) is 0 Å². The van der Waals surface area contributed by atoms with Gasteiger partial charge in [-0.25, -0.2) is 4.21 Å². The van der Waals surface area contributed by atoms with E-state index < -0.39 is 16.5 Å². The summed E-state index contributed by atoms with van der Waals surface area (Å²) >= 11 is -1.88. The Bertz CT molecular complexity index is 659. The number of fused-ring (bicyclic) bond motifs is 1. The Morgan fingerprint density at radius 1 is 1.29 bits per heavy atom. The lowest BCUT2D eigenvalue weighted by Gasteiger charge is -2.24. The van der Waals surface area contributed by atoms with E-state index in [-0.39, 0.29) is 0 Å². The predicted molar refractivity (Wildman–Crippen MR) is 86.7 cm³/mol. The summed E-state index contributed by atoms with van der Waals surface area (Å²) in [6, 6.07) is 6.10. The molecule has 3 rings (SSSR count). The molecule has 21 heavy (non-hydrogen) atoms. The molecule has 2 N–H and O–H groups in total. The van der Waals surface area contributed by atoms with Gasteiger partial charge in [0.15, 0.2) is 11.1 Å². The molecule has 0 spiro atoms. The normalized spacial score (nSPS) is 19.4. The SMILES string of the molecule is CC(C)c1c[nH]c2cc(C(N3CCCC3)S(=O)O)ccc12. The zero-order valence-corrected chi connectivity index (χ0v) is 13.3. The highest BCUT2D eigenvalue weighted by Crippen LogP contribution is 2.31. The minimum atomic E-state index is -1.88. The molecule has 1 fully saturated rings. The Hall–Kier alpha value is -1.17. The van der Waals surface area contributed by atoms with Crippen molar-refractivity contribution in [1.29, 1.82) is 0 Å². The molecule has 2 heterocycles. The summed E-state index contributed by atoms with van der Waals surface area (Å²) in [7, 11) is 0. The third-order valence-electron chi connectivity index (χ3n) is 4.31. The van der Waals surface area contributed by atoms with Crippen LogP contribution >= 0.6 is 0 Å². The Kier molecular flexibility index (Phi) is 4.15. The topological polar surface area (TPSA) is 56.3 Å². The van der Waals surface area contributed by atoms with Crippen LogP contribution in [0.15, 0.2) is 24.4 Å². The Morgan fingerprint density at radius 2 is 2.00 bits per heavy atom. The molecule has 0 radical (unpaired) electrons. The molecule has 114 valence electrons. The van der Waals surface area contributed by atoms with Gasteiger partial charge in [0, 0.05) is 17.1 Å². The third-order valence-corrected chi connectivity index (χ3v) is 5.26. The second kappa shape index (κ2) is 5.91. The Balaban J connectivity index is 2.00. The van der Waals surface area contributed by atoms with Crippen LogP contribution < -0.4 is 0 Å². The molecule has 2 aromatic rings. The number of benzene rings is 1. The first kappa shape index (κ1) is 14.8. The molecule has 1 aromatic carbocycles. The highest BCUT2D eigenvalue weighted by Gasteiger charge is 2.28. The zero-order chi connectivity index (χ0) is 15.0. The molecule has 0 amide bonds. The van der Waals surface area contributed by atoms with Gasteiger partial charge in [-0.2, -0.15) is 0 Å². The monoisotopic (exact) mass is 306 g/mol. The molecule has 5 heteroatoms. The van der Waals surface area contributed by atoms with Crippen molar-refractivity contribution in [3.63, 3.8) is 0 Å². The number of nitrogens with zero attached hydrogens (tertiary/aromatic N) is 1. The van der Waals surface area contributed by atoms with Crippen molar-refractivity contribution >= 4 is 22.0 Å². The van der Waals surface area contributed by atoms with Gasteiger partial charge < -0.3 is 9.54 Å². The van der Waals surface area contributed by atoms with Crippen LogP contribution in [0.2, 0.25) is 0 Å². The summed E-state index contributed by atoms with van der Waals surface area (Å²) < 4.78 is 21.5. The minimum Gasteiger partial charge on any atom is -0.361 e. The highest BCUT2D eigenvalue weighted by atomic mass is 32.2. The molecule has 2 atom stereocenters. The average Bonchev–Trinajstić information content (AvgIpc) is 3.06. The number of aromatic amines is 1. The van der Waals surface area contributed by atoms with Crippen molar-refractivity contribution in [3.05, 3.63) is 35.5 Å². The van der Waals surface area contributed by atoms with Crippen LogP contribution in [0, 0.1) is 0 Å². The number of hydrogen-bond acceptors (Lipinski definition) is 2. The highest BCUT2D eigenvalue weighted by molar-refractivity contribution is 7.79. The van der Waals surface area contributed by atoms with Gasteiger partial charge in [0.25, 0.3) is 0 Å². The molecular formula is C16H22N2O2S. The predicted octanol–water partition coefficient (Wildman–Crippen LogP) is 3.61. The number of aromatic nitrogens is 1. The second-order valence-electron chi connectivity index (χ2n) is 6.08. The summed E-state index contributed by atoms with van der Waals surface area (Å²) in [5, 5.41) is 0.792. The van der Waals surface area contributed by atoms with E-state index in [1.54, 1.807) is 0 Å². The van der Waals surface area contributed by atoms with Gasteiger partial charge in [0.1, 0.15) is 5.37 Å². The maximum atomic E-state index is 11.8. The maximum Gasteiger partial charge on any atom is 0.175 e. The van der Waals surface area contributed by atoms with Crippen molar-refractivity contribution in [2.45, 2.75) is 38.0 Å². The van der Waals surface area contributed by atoms with Crippen LogP contribution in [0.3, 0.4) is 0 Å². The first-order valence-corrected chi connectivity index (χ1v) is 8.69. The lowest BCUT2D eigenvalue weighted by molar-refractivity contribution is 0.305. The summed E-state index contributed by atoms with van der Waals surface area (Å²) in [5.74, 6) is 0.464. The van der Waals surface area contributed by atoms with Gasteiger partial charge in [-0.15, -0.1) is 0 Å². The van der Waals surface area contributed by atoms with Crippen LogP contribution in [-0.4, -0.2) is 31.7 Å². The van der Waals surface area contributed by atoms with Crippen LogP contribution in [0.1, 0.15) is 49.1 Å². The van der Waals surface area contributed by atoms with Crippen LogP contribution in [0.4, 0.5) is 0 Å². The number of likely N-dealkylation sites (tertiary alicyclic amines) is 1. The van der Waals surface area contributed by atoms with E-state index in [1.807, 2.05) is 18.3 Å². The molecule has 1 aliphatic rings. The van der Waals surface area contributed by atoms with Gasteiger partial charge in [-0.3, -0.25) is 4.90 Å². The molecule has 1 aliphatic heterocycles. The van der Waals surface area contributed by atoms with Crippen LogP contribution in [0.5, 0.6) is 0 Å². The zero-order valence-electron chi connectivity index (χ0n) is 12.5. The van der Waals surface area contributed by atoms with Gasteiger partial charge in [0.2, 0.25) is 0 Å². The van der Waals surface area contributed by atoms with E-state index in [1.165, 1.54) is 10.9 Å². The average molecular weight is 306 g/mol. The molecule has 2 unspecified atom stereocenters. The fraction of sp³-hybridized carbons (Fsp3) is 0.500. The standard InChI is InChI=1S/C16H22N2O2S/c1-11(2)14-10-17-15-9-12(5-6-13(14)15)16(21(19)20)18-7-3-4-8-18/h5-6,9-11,16-17H,3-4,7-8H2,1-2H3,(H,19,20). The number of hydrogen-bond donors (Lipinski definition) is 2. The van der Waals surface area contributed by atoms with Crippen molar-refractivity contribution < 1.29 is 8.76 Å². The largest absolute Gasteiger partial charge is 0.361 e. The molecular weight excluding hydrogens is 284 g/mol. The smallest absolute Gasteiger partial charge is 0.175 e. The fourth-order valence-corrected chi connectivity index (χ4v) is 4.07. The molecule has 0 saturated carbocycles. The van der Waals surface area contributed by atoms with E-state index in [0.717, 1.165) is 37.0 Å². The van der Waals surface area contributed by atoms with E-state index in [0.29, 0.717) is 5.92 Å².